The lowest BCUT2D eigenvalue weighted by Crippen LogP contribution is -2.21. The van der Waals surface area contributed by atoms with E-state index in [4.69, 9.17) is 10.5 Å². The van der Waals surface area contributed by atoms with Gasteiger partial charge >= 0.3 is 0 Å². The van der Waals surface area contributed by atoms with Crippen molar-refractivity contribution < 1.29 is 4.74 Å². The number of methoxy groups -OCH3 is 1. The topological polar surface area (TPSA) is 53.1 Å². The third kappa shape index (κ3) is 4.44. The molecule has 0 saturated heterocycles. The quantitative estimate of drug-likeness (QED) is 0.687. The van der Waals surface area contributed by atoms with Crippen LogP contribution in [0.3, 0.4) is 0 Å². The number of aromatic nitrogens is 2. The number of nitrogens with zero attached hydrogens (tertiary/aromatic N) is 2. The van der Waals surface area contributed by atoms with Crippen LogP contribution in [0, 0.1) is 0 Å². The van der Waals surface area contributed by atoms with Gasteiger partial charge in [-0.25, -0.2) is 4.98 Å². The van der Waals surface area contributed by atoms with Gasteiger partial charge in [0.15, 0.2) is 0 Å². The van der Waals surface area contributed by atoms with Crippen LogP contribution in [0.25, 0.3) is 0 Å². The molecular weight excluding hydrogens is 190 g/mol. The minimum atomic E-state index is 0.261. The fraction of sp³-hybridized carbons (Fsp3) is 0.727. The molecule has 1 aromatic heterocycles. The Morgan fingerprint density at radius 3 is 2.93 bits per heavy atom. The standard InChI is InChI=1S/C11H21N3O/c1-14-8-7-13-11(14)6-5-10(12)4-3-9-15-2/h7-8,10H,3-6,9,12H2,1-2H3. The second kappa shape index (κ2) is 6.58. The minimum absolute atomic E-state index is 0.261. The summed E-state index contributed by atoms with van der Waals surface area (Å²) in [4.78, 5) is 4.27. The van der Waals surface area contributed by atoms with Crippen LogP contribution in [0.2, 0.25) is 0 Å². The SMILES string of the molecule is COCCCC(N)CCc1nccn1C. The fourth-order valence-electron chi connectivity index (χ4n) is 1.59. The molecule has 1 aromatic rings. The van der Waals surface area contributed by atoms with Gasteiger partial charge in [-0.1, -0.05) is 0 Å². The van der Waals surface area contributed by atoms with Crippen molar-refractivity contribution in [1.29, 1.82) is 0 Å². The Bertz CT molecular complexity index is 273. The third-order valence-corrected chi connectivity index (χ3v) is 2.58. The highest BCUT2D eigenvalue weighted by molar-refractivity contribution is 4.91. The molecule has 0 radical (unpaired) electrons. The van der Waals surface area contributed by atoms with Crippen LogP contribution in [0.1, 0.15) is 25.1 Å². The molecule has 1 atom stereocenters. The van der Waals surface area contributed by atoms with Gasteiger partial charge in [-0.15, -0.1) is 0 Å². The van der Waals surface area contributed by atoms with E-state index in [0.717, 1.165) is 38.1 Å². The zero-order valence-electron chi connectivity index (χ0n) is 9.65. The first-order chi connectivity index (χ1) is 7.24. The smallest absolute Gasteiger partial charge is 0.108 e. The molecule has 15 heavy (non-hydrogen) atoms. The van der Waals surface area contributed by atoms with Crippen molar-refractivity contribution in [3.05, 3.63) is 18.2 Å². The van der Waals surface area contributed by atoms with E-state index in [-0.39, 0.29) is 6.04 Å². The van der Waals surface area contributed by atoms with E-state index >= 15 is 0 Å². The maximum atomic E-state index is 5.99. The van der Waals surface area contributed by atoms with Crippen molar-refractivity contribution in [1.82, 2.24) is 9.55 Å². The average Bonchev–Trinajstić information content (AvgIpc) is 2.61. The maximum absolute atomic E-state index is 5.99. The Labute approximate surface area is 91.4 Å². The molecule has 0 saturated carbocycles. The second-order valence-corrected chi connectivity index (χ2v) is 3.89. The monoisotopic (exact) mass is 211 g/mol. The molecule has 86 valence electrons. The van der Waals surface area contributed by atoms with Crippen molar-refractivity contribution in [2.24, 2.45) is 12.8 Å². The number of hydrogen-bond acceptors (Lipinski definition) is 3. The van der Waals surface area contributed by atoms with Crippen molar-refractivity contribution >= 4 is 0 Å². The number of rotatable bonds is 7. The molecular formula is C11H21N3O. The van der Waals surface area contributed by atoms with Crippen molar-refractivity contribution in [3.8, 4) is 0 Å². The van der Waals surface area contributed by atoms with Gasteiger partial charge in [-0.2, -0.15) is 0 Å². The molecule has 0 aliphatic heterocycles. The second-order valence-electron chi connectivity index (χ2n) is 3.89. The van der Waals surface area contributed by atoms with Gasteiger partial charge in [-0.3, -0.25) is 0 Å². The van der Waals surface area contributed by atoms with E-state index in [2.05, 4.69) is 4.98 Å². The summed E-state index contributed by atoms with van der Waals surface area (Å²) in [6.45, 7) is 0.802. The van der Waals surface area contributed by atoms with Gasteiger partial charge in [0.25, 0.3) is 0 Å². The van der Waals surface area contributed by atoms with Gasteiger partial charge in [0.2, 0.25) is 0 Å². The zero-order valence-corrected chi connectivity index (χ0v) is 9.65. The molecule has 1 heterocycles. The Balaban J connectivity index is 2.16. The van der Waals surface area contributed by atoms with Crippen molar-refractivity contribution in [2.45, 2.75) is 31.7 Å². The van der Waals surface area contributed by atoms with E-state index in [1.54, 1.807) is 7.11 Å². The molecule has 0 bridgehead atoms. The maximum Gasteiger partial charge on any atom is 0.108 e. The third-order valence-electron chi connectivity index (χ3n) is 2.58. The molecule has 4 nitrogen and oxygen atoms in total. The highest BCUT2D eigenvalue weighted by Gasteiger charge is 2.05. The molecule has 0 aromatic carbocycles. The molecule has 2 N–H and O–H groups in total. The lowest BCUT2D eigenvalue weighted by Gasteiger charge is -2.10. The summed E-state index contributed by atoms with van der Waals surface area (Å²) in [6, 6.07) is 0.261. The largest absolute Gasteiger partial charge is 0.385 e. The van der Waals surface area contributed by atoms with Gasteiger partial charge in [0.05, 0.1) is 0 Å². The van der Waals surface area contributed by atoms with E-state index in [9.17, 15) is 0 Å². The predicted octanol–water partition coefficient (Wildman–Crippen LogP) is 1.11. The highest BCUT2D eigenvalue weighted by Crippen LogP contribution is 2.05. The first-order valence-electron chi connectivity index (χ1n) is 5.44. The van der Waals surface area contributed by atoms with E-state index < -0.39 is 0 Å². The van der Waals surface area contributed by atoms with Crippen molar-refractivity contribution in [2.75, 3.05) is 13.7 Å². The van der Waals surface area contributed by atoms with Crippen LogP contribution in [-0.4, -0.2) is 29.3 Å². The van der Waals surface area contributed by atoms with Crippen LogP contribution >= 0.6 is 0 Å². The first kappa shape index (κ1) is 12.2. The Morgan fingerprint density at radius 1 is 1.53 bits per heavy atom. The van der Waals surface area contributed by atoms with Gasteiger partial charge < -0.3 is 15.0 Å². The van der Waals surface area contributed by atoms with Crippen molar-refractivity contribution in [3.63, 3.8) is 0 Å². The van der Waals surface area contributed by atoms with Gasteiger partial charge in [-0.05, 0) is 19.3 Å². The fourth-order valence-corrected chi connectivity index (χ4v) is 1.59. The molecule has 0 spiro atoms. The summed E-state index contributed by atoms with van der Waals surface area (Å²) in [6.07, 6.45) is 7.81. The number of nitrogens with two attached hydrogens (primary N) is 1. The molecule has 4 heteroatoms. The van der Waals surface area contributed by atoms with Crippen LogP contribution in [0.15, 0.2) is 12.4 Å². The Kier molecular flexibility index (Phi) is 5.36. The lowest BCUT2D eigenvalue weighted by atomic mass is 10.1. The van der Waals surface area contributed by atoms with E-state index in [0.29, 0.717) is 0 Å². The van der Waals surface area contributed by atoms with Crippen LogP contribution < -0.4 is 5.73 Å². The highest BCUT2D eigenvalue weighted by atomic mass is 16.5. The Morgan fingerprint density at radius 2 is 2.33 bits per heavy atom. The predicted molar refractivity (Wildman–Crippen MR) is 60.6 cm³/mol. The number of hydrogen-bond donors (Lipinski definition) is 1. The number of ether oxygens (including phenoxy) is 1. The summed E-state index contributed by atoms with van der Waals surface area (Å²) in [5.41, 5.74) is 5.99. The average molecular weight is 211 g/mol. The summed E-state index contributed by atoms with van der Waals surface area (Å²) < 4.78 is 7.03. The summed E-state index contributed by atoms with van der Waals surface area (Å²) >= 11 is 0. The number of aryl methyl sites for hydroxylation is 2. The van der Waals surface area contributed by atoms with Gasteiger partial charge in [0, 0.05) is 45.6 Å². The molecule has 0 fully saturated rings. The number of imidazole rings is 1. The minimum Gasteiger partial charge on any atom is -0.385 e. The molecule has 1 unspecified atom stereocenters. The summed E-state index contributed by atoms with van der Waals surface area (Å²) in [5.74, 6) is 1.11. The van der Waals surface area contributed by atoms with Crippen LogP contribution in [0.4, 0.5) is 0 Å². The zero-order chi connectivity index (χ0) is 11.1. The molecule has 1 rings (SSSR count). The Hall–Kier alpha value is -0.870. The summed E-state index contributed by atoms with van der Waals surface area (Å²) in [7, 11) is 3.73. The normalized spacial score (nSPS) is 13.0. The van der Waals surface area contributed by atoms with Gasteiger partial charge in [0.1, 0.15) is 5.82 Å². The lowest BCUT2D eigenvalue weighted by molar-refractivity contribution is 0.190. The molecule has 0 aliphatic carbocycles. The van der Waals surface area contributed by atoms with E-state index in [1.165, 1.54) is 0 Å². The molecule has 0 aliphatic rings. The molecule has 0 amide bonds. The van der Waals surface area contributed by atoms with Crippen LogP contribution in [-0.2, 0) is 18.2 Å². The summed E-state index contributed by atoms with van der Waals surface area (Å²) in [5, 5.41) is 0. The first-order valence-corrected chi connectivity index (χ1v) is 5.44. The van der Waals surface area contributed by atoms with Crippen LogP contribution in [0.5, 0.6) is 0 Å². The van der Waals surface area contributed by atoms with E-state index in [1.807, 2.05) is 24.0 Å².